The number of aryl methyl sites for hydroxylation is 1. The second-order valence-corrected chi connectivity index (χ2v) is 9.69. The Labute approximate surface area is 222 Å². The molecule has 1 aliphatic rings. The standard InChI is InChI=1S/C28H30ClN5O.ClH/c1-19-11-12-24(31-20(2)35)27(17-19)32-15-13-22(14-16-32)34-26-10-6-5-9-25(26)33(28(34)30)18-21-7-3-4-8-23(21)29;/h3-12,17,22,30H,13-16,18H2,1-2H3,(H,31,35);1H. The van der Waals surface area contributed by atoms with Gasteiger partial charge in [-0.05, 0) is 61.2 Å². The maximum absolute atomic E-state index is 11.7. The molecule has 6 nitrogen and oxygen atoms in total. The molecule has 1 amide bonds. The number of halogens is 2. The molecule has 4 aromatic rings. The Bertz CT molecular complexity index is 1450. The fourth-order valence-electron chi connectivity index (χ4n) is 5.14. The number of rotatable bonds is 5. The van der Waals surface area contributed by atoms with Crippen molar-refractivity contribution in [3.05, 3.63) is 88.5 Å². The van der Waals surface area contributed by atoms with Gasteiger partial charge in [-0.2, -0.15) is 0 Å². The number of anilines is 2. The third kappa shape index (κ3) is 5.01. The minimum absolute atomic E-state index is 0. The molecule has 0 spiro atoms. The van der Waals surface area contributed by atoms with Gasteiger partial charge >= 0.3 is 0 Å². The monoisotopic (exact) mass is 523 g/mol. The summed E-state index contributed by atoms with van der Waals surface area (Å²) in [5.41, 5.74) is 6.72. The number of para-hydroxylation sites is 2. The molecule has 0 aliphatic carbocycles. The second-order valence-electron chi connectivity index (χ2n) is 9.28. The summed E-state index contributed by atoms with van der Waals surface area (Å²) in [6.07, 6.45) is 1.84. The number of benzene rings is 3. The van der Waals surface area contributed by atoms with E-state index in [2.05, 4.69) is 44.5 Å². The quantitative estimate of drug-likeness (QED) is 0.329. The Hall–Kier alpha value is -3.22. The molecule has 3 aromatic carbocycles. The Morgan fingerprint density at radius 2 is 1.69 bits per heavy atom. The van der Waals surface area contributed by atoms with Crippen molar-refractivity contribution in [1.82, 2.24) is 9.13 Å². The zero-order chi connectivity index (χ0) is 24.5. The minimum atomic E-state index is -0.0641. The fourth-order valence-corrected chi connectivity index (χ4v) is 5.34. The maximum atomic E-state index is 11.7. The lowest BCUT2D eigenvalue weighted by molar-refractivity contribution is -0.114. The van der Waals surface area contributed by atoms with Gasteiger partial charge in [0, 0.05) is 31.1 Å². The average molecular weight is 524 g/mol. The lowest BCUT2D eigenvalue weighted by Gasteiger charge is -2.35. The molecule has 1 saturated heterocycles. The van der Waals surface area contributed by atoms with Crippen LogP contribution >= 0.6 is 24.0 Å². The van der Waals surface area contributed by atoms with Gasteiger partial charge in [0.1, 0.15) is 0 Å². The summed E-state index contributed by atoms with van der Waals surface area (Å²) in [6.45, 7) is 5.90. The van der Waals surface area contributed by atoms with E-state index in [0.717, 1.165) is 58.9 Å². The Morgan fingerprint density at radius 1 is 1.03 bits per heavy atom. The number of carbonyl (C=O) groups excluding carboxylic acids is 1. The number of imidazole rings is 1. The lowest BCUT2D eigenvalue weighted by atomic mass is 10.0. The molecule has 0 unspecified atom stereocenters. The second kappa shape index (κ2) is 10.8. The molecule has 0 radical (unpaired) electrons. The lowest BCUT2D eigenvalue weighted by Crippen LogP contribution is -2.38. The Balaban J connectivity index is 0.00000304. The van der Waals surface area contributed by atoms with E-state index < -0.39 is 0 Å². The molecule has 188 valence electrons. The summed E-state index contributed by atoms with van der Waals surface area (Å²) in [5.74, 6) is -0.0641. The molecule has 0 saturated carbocycles. The van der Waals surface area contributed by atoms with Gasteiger partial charge in [0.2, 0.25) is 11.5 Å². The number of nitrogens with one attached hydrogen (secondary N) is 2. The van der Waals surface area contributed by atoms with Crippen LogP contribution in [0.5, 0.6) is 0 Å². The smallest absolute Gasteiger partial charge is 0.221 e. The minimum Gasteiger partial charge on any atom is -0.370 e. The third-order valence-electron chi connectivity index (χ3n) is 6.84. The number of hydrogen-bond acceptors (Lipinski definition) is 3. The molecule has 5 rings (SSSR count). The largest absolute Gasteiger partial charge is 0.370 e. The van der Waals surface area contributed by atoms with E-state index >= 15 is 0 Å². The van der Waals surface area contributed by atoms with Crippen molar-refractivity contribution in [2.24, 2.45) is 0 Å². The van der Waals surface area contributed by atoms with Gasteiger partial charge in [-0.1, -0.05) is 48.0 Å². The summed E-state index contributed by atoms with van der Waals surface area (Å²) in [6, 6.07) is 22.5. The number of carbonyl (C=O) groups is 1. The van der Waals surface area contributed by atoms with Gasteiger partial charge in [-0.25, -0.2) is 0 Å². The molecule has 1 aromatic heterocycles. The van der Waals surface area contributed by atoms with Crippen molar-refractivity contribution in [3.63, 3.8) is 0 Å². The average Bonchev–Trinajstić information content (AvgIpc) is 3.13. The van der Waals surface area contributed by atoms with E-state index in [9.17, 15) is 4.79 Å². The molecule has 2 heterocycles. The predicted molar refractivity (Wildman–Crippen MR) is 150 cm³/mol. The first-order valence-electron chi connectivity index (χ1n) is 12.0. The molecular formula is C28H31Cl2N5O. The van der Waals surface area contributed by atoms with Gasteiger partial charge in [0.25, 0.3) is 0 Å². The predicted octanol–water partition coefficient (Wildman–Crippen LogP) is 6.15. The van der Waals surface area contributed by atoms with Crippen LogP contribution in [0.4, 0.5) is 11.4 Å². The number of aromatic nitrogens is 2. The molecule has 0 atom stereocenters. The SMILES string of the molecule is CC(=O)Nc1ccc(C)cc1N1CCC(n2c(=N)n(Cc3ccccc3Cl)c3ccccc32)CC1.Cl. The molecular weight excluding hydrogens is 493 g/mol. The van der Waals surface area contributed by atoms with Gasteiger partial charge < -0.3 is 19.4 Å². The number of piperidine rings is 1. The first kappa shape index (κ1) is 25.9. The molecule has 36 heavy (non-hydrogen) atoms. The molecule has 0 bridgehead atoms. The molecule has 1 aliphatic heterocycles. The highest BCUT2D eigenvalue weighted by Gasteiger charge is 2.25. The topological polar surface area (TPSA) is 66.1 Å². The van der Waals surface area contributed by atoms with Crippen molar-refractivity contribution in [1.29, 1.82) is 5.41 Å². The van der Waals surface area contributed by atoms with Gasteiger partial charge in [-0.15, -0.1) is 12.4 Å². The number of nitrogens with zero attached hydrogens (tertiary/aromatic N) is 3. The molecule has 1 fully saturated rings. The van der Waals surface area contributed by atoms with E-state index in [1.165, 1.54) is 5.56 Å². The van der Waals surface area contributed by atoms with Crippen LogP contribution in [-0.4, -0.2) is 28.1 Å². The van der Waals surface area contributed by atoms with Crippen LogP contribution in [0.2, 0.25) is 5.02 Å². The van der Waals surface area contributed by atoms with Crippen molar-refractivity contribution >= 4 is 52.3 Å². The normalized spacial score (nSPS) is 14.0. The van der Waals surface area contributed by atoms with Crippen molar-refractivity contribution in [2.75, 3.05) is 23.3 Å². The van der Waals surface area contributed by atoms with E-state index in [4.69, 9.17) is 17.0 Å². The molecule has 2 N–H and O–H groups in total. The van der Waals surface area contributed by atoms with Gasteiger partial charge in [-0.3, -0.25) is 10.2 Å². The van der Waals surface area contributed by atoms with Crippen molar-refractivity contribution in [3.8, 4) is 0 Å². The van der Waals surface area contributed by atoms with Crippen LogP contribution in [0.1, 0.15) is 36.9 Å². The number of fused-ring (bicyclic) bond motifs is 1. The zero-order valence-electron chi connectivity index (χ0n) is 20.5. The van der Waals surface area contributed by atoms with Crippen molar-refractivity contribution < 1.29 is 4.79 Å². The van der Waals surface area contributed by atoms with Crippen LogP contribution in [0.3, 0.4) is 0 Å². The van der Waals surface area contributed by atoms with Crippen LogP contribution in [0.25, 0.3) is 11.0 Å². The first-order chi connectivity index (χ1) is 16.9. The highest BCUT2D eigenvalue weighted by atomic mass is 35.5. The fraction of sp³-hybridized carbons (Fsp3) is 0.286. The van der Waals surface area contributed by atoms with Gasteiger partial charge in [0.15, 0.2) is 0 Å². The summed E-state index contributed by atoms with van der Waals surface area (Å²) < 4.78 is 4.24. The highest BCUT2D eigenvalue weighted by molar-refractivity contribution is 6.31. The van der Waals surface area contributed by atoms with Crippen LogP contribution in [0, 0.1) is 12.3 Å². The van der Waals surface area contributed by atoms with E-state index in [1.807, 2.05) is 48.5 Å². The Morgan fingerprint density at radius 3 is 2.39 bits per heavy atom. The van der Waals surface area contributed by atoms with Crippen LogP contribution in [-0.2, 0) is 11.3 Å². The molecule has 8 heteroatoms. The van der Waals surface area contributed by atoms with Crippen LogP contribution < -0.4 is 15.8 Å². The summed E-state index contributed by atoms with van der Waals surface area (Å²) in [4.78, 5) is 14.1. The highest BCUT2D eigenvalue weighted by Crippen LogP contribution is 2.33. The van der Waals surface area contributed by atoms with Crippen LogP contribution in [0.15, 0.2) is 66.7 Å². The van der Waals surface area contributed by atoms with Crippen molar-refractivity contribution in [2.45, 2.75) is 39.3 Å². The third-order valence-corrected chi connectivity index (χ3v) is 7.21. The van der Waals surface area contributed by atoms with E-state index in [0.29, 0.717) is 12.2 Å². The first-order valence-corrected chi connectivity index (χ1v) is 12.4. The zero-order valence-corrected chi connectivity index (χ0v) is 22.1. The van der Waals surface area contributed by atoms with Gasteiger partial charge in [0.05, 0.1) is 29.0 Å². The summed E-state index contributed by atoms with van der Waals surface area (Å²) in [5, 5.41) is 12.8. The summed E-state index contributed by atoms with van der Waals surface area (Å²) >= 11 is 6.45. The Kier molecular flexibility index (Phi) is 7.76. The maximum Gasteiger partial charge on any atom is 0.221 e. The van der Waals surface area contributed by atoms with E-state index in [1.54, 1.807) is 6.92 Å². The number of hydrogen-bond donors (Lipinski definition) is 2. The summed E-state index contributed by atoms with van der Waals surface area (Å²) in [7, 11) is 0. The van der Waals surface area contributed by atoms with E-state index in [-0.39, 0.29) is 24.4 Å². The number of amides is 1.